The third-order valence-corrected chi connectivity index (χ3v) is 4.32. The number of hydrogen-bond acceptors (Lipinski definition) is 5. The molecule has 0 radical (unpaired) electrons. The number of unbranched alkanes of at least 4 members (excludes halogenated alkanes) is 1. The van der Waals surface area contributed by atoms with Gasteiger partial charge in [0.25, 0.3) is 0 Å². The van der Waals surface area contributed by atoms with Crippen LogP contribution in [0.15, 0.2) is 5.38 Å². The topological polar surface area (TPSA) is 71.1 Å². The Kier molecular flexibility index (Phi) is 5.17. The molecule has 1 aromatic heterocycles. The lowest BCUT2D eigenvalue weighted by molar-refractivity contribution is 0.577. The molecule has 1 rings (SSSR count). The fraction of sp³-hybridized carbons (Fsp3) is 0.667. The Morgan fingerprint density at radius 1 is 1.50 bits per heavy atom. The second-order valence-corrected chi connectivity index (χ2v) is 6.17. The molecule has 0 aliphatic heterocycles. The largest absolute Gasteiger partial charge is 0.365 e. The van der Waals surface area contributed by atoms with Crippen molar-refractivity contribution in [2.24, 2.45) is 0 Å². The number of rotatable bonds is 7. The molecule has 0 spiro atoms. The van der Waals surface area contributed by atoms with E-state index in [9.17, 15) is 8.42 Å². The van der Waals surface area contributed by atoms with E-state index in [1.807, 2.05) is 12.3 Å². The van der Waals surface area contributed by atoms with Gasteiger partial charge in [0.2, 0.25) is 10.0 Å². The molecule has 0 aliphatic carbocycles. The number of sulfonamides is 1. The molecule has 1 aromatic rings. The first-order valence-electron chi connectivity index (χ1n) is 5.17. The maximum Gasteiger partial charge on any atom is 0.211 e. The molecule has 0 saturated carbocycles. The lowest BCUT2D eigenvalue weighted by Crippen LogP contribution is -2.26. The van der Waals surface area contributed by atoms with Gasteiger partial charge in [-0.05, 0) is 6.42 Å². The van der Waals surface area contributed by atoms with Crippen molar-refractivity contribution in [3.05, 3.63) is 11.1 Å². The summed E-state index contributed by atoms with van der Waals surface area (Å²) >= 11 is 1.46. The molecule has 7 heteroatoms. The van der Waals surface area contributed by atoms with Crippen LogP contribution in [0.4, 0.5) is 5.13 Å². The summed E-state index contributed by atoms with van der Waals surface area (Å²) in [5.41, 5.74) is 0.745. The van der Waals surface area contributed by atoms with Crippen molar-refractivity contribution in [3.8, 4) is 0 Å². The zero-order valence-electron chi connectivity index (χ0n) is 9.49. The quantitative estimate of drug-likeness (QED) is 0.780. The van der Waals surface area contributed by atoms with E-state index in [-0.39, 0.29) is 12.3 Å². The number of anilines is 1. The summed E-state index contributed by atoms with van der Waals surface area (Å²) in [4.78, 5) is 4.19. The molecule has 92 valence electrons. The van der Waals surface area contributed by atoms with Gasteiger partial charge in [-0.25, -0.2) is 18.1 Å². The van der Waals surface area contributed by atoms with Crippen molar-refractivity contribution in [3.63, 3.8) is 0 Å². The van der Waals surface area contributed by atoms with Crippen molar-refractivity contribution in [2.45, 2.75) is 26.3 Å². The molecular formula is C9H17N3O2S2. The predicted molar refractivity (Wildman–Crippen MR) is 67.2 cm³/mol. The molecule has 0 atom stereocenters. The molecule has 16 heavy (non-hydrogen) atoms. The van der Waals surface area contributed by atoms with Crippen LogP contribution < -0.4 is 10.0 Å². The summed E-state index contributed by atoms with van der Waals surface area (Å²) in [6.45, 7) is 2.24. The van der Waals surface area contributed by atoms with Gasteiger partial charge in [-0.15, -0.1) is 11.3 Å². The number of nitrogens with one attached hydrogen (secondary N) is 2. The lowest BCUT2D eigenvalue weighted by Gasteiger charge is -2.03. The van der Waals surface area contributed by atoms with Crippen LogP contribution in [0, 0.1) is 0 Å². The Labute approximate surface area is 100 Å². The first kappa shape index (κ1) is 13.4. The van der Waals surface area contributed by atoms with Crippen LogP contribution in [0.2, 0.25) is 0 Å². The first-order chi connectivity index (χ1) is 7.57. The minimum absolute atomic E-state index is 0.187. The summed E-state index contributed by atoms with van der Waals surface area (Å²) in [5, 5.41) is 5.54. The van der Waals surface area contributed by atoms with E-state index in [0.29, 0.717) is 6.42 Å². The Morgan fingerprint density at radius 3 is 2.81 bits per heavy atom. The summed E-state index contributed by atoms with van der Waals surface area (Å²) in [5.74, 6) is 0.187. The monoisotopic (exact) mass is 263 g/mol. The average Bonchev–Trinajstić information content (AvgIpc) is 2.72. The highest BCUT2D eigenvalue weighted by Gasteiger charge is 2.10. The third kappa shape index (κ3) is 4.46. The van der Waals surface area contributed by atoms with Gasteiger partial charge in [0.1, 0.15) is 0 Å². The van der Waals surface area contributed by atoms with E-state index in [4.69, 9.17) is 0 Å². The van der Waals surface area contributed by atoms with Gasteiger partial charge < -0.3 is 5.32 Å². The van der Waals surface area contributed by atoms with E-state index in [0.717, 1.165) is 17.2 Å². The third-order valence-electron chi connectivity index (χ3n) is 2.01. The maximum absolute atomic E-state index is 11.5. The number of hydrogen-bond donors (Lipinski definition) is 2. The van der Waals surface area contributed by atoms with Crippen molar-refractivity contribution in [1.29, 1.82) is 0 Å². The standard InChI is InChI=1S/C9H17N3O2S2/c1-3-4-5-16(13,14)11-6-8-7-15-9(10-2)12-8/h7,11H,3-6H2,1-2H3,(H,10,12). The van der Waals surface area contributed by atoms with Crippen LogP contribution in [0.5, 0.6) is 0 Å². The van der Waals surface area contributed by atoms with E-state index < -0.39 is 10.0 Å². The molecule has 2 N–H and O–H groups in total. The van der Waals surface area contributed by atoms with E-state index in [1.54, 1.807) is 7.05 Å². The molecular weight excluding hydrogens is 246 g/mol. The second-order valence-electron chi connectivity index (χ2n) is 3.39. The van der Waals surface area contributed by atoms with Crippen LogP contribution in [-0.4, -0.2) is 26.2 Å². The Bertz CT molecular complexity index is 414. The van der Waals surface area contributed by atoms with Crippen molar-refractivity contribution in [1.82, 2.24) is 9.71 Å². The van der Waals surface area contributed by atoms with Gasteiger partial charge >= 0.3 is 0 Å². The maximum atomic E-state index is 11.5. The van der Waals surface area contributed by atoms with Crippen LogP contribution in [0.25, 0.3) is 0 Å². The van der Waals surface area contributed by atoms with E-state index in [2.05, 4.69) is 15.0 Å². The Morgan fingerprint density at radius 2 is 2.25 bits per heavy atom. The zero-order valence-corrected chi connectivity index (χ0v) is 11.1. The summed E-state index contributed by atoms with van der Waals surface area (Å²) in [6.07, 6.45) is 1.57. The van der Waals surface area contributed by atoms with Crippen LogP contribution in [0.1, 0.15) is 25.5 Å². The van der Waals surface area contributed by atoms with Crippen molar-refractivity contribution < 1.29 is 8.42 Å². The summed E-state index contributed by atoms with van der Waals surface area (Å²) in [7, 11) is -1.36. The van der Waals surface area contributed by atoms with Crippen molar-refractivity contribution in [2.75, 3.05) is 18.1 Å². The molecule has 5 nitrogen and oxygen atoms in total. The van der Waals surface area contributed by atoms with Gasteiger partial charge in [0.05, 0.1) is 18.0 Å². The average molecular weight is 263 g/mol. The minimum Gasteiger partial charge on any atom is -0.365 e. The highest BCUT2D eigenvalue weighted by Crippen LogP contribution is 2.14. The van der Waals surface area contributed by atoms with Gasteiger partial charge in [-0.2, -0.15) is 0 Å². The van der Waals surface area contributed by atoms with Crippen molar-refractivity contribution >= 4 is 26.5 Å². The normalized spacial score (nSPS) is 11.6. The summed E-state index contributed by atoms with van der Waals surface area (Å²) < 4.78 is 25.5. The molecule has 0 fully saturated rings. The molecule has 0 amide bonds. The molecule has 0 unspecified atom stereocenters. The Hall–Kier alpha value is -0.660. The predicted octanol–water partition coefficient (Wildman–Crippen LogP) is 1.40. The Balaban J connectivity index is 2.44. The number of nitrogens with zero attached hydrogens (tertiary/aromatic N) is 1. The second kappa shape index (κ2) is 6.17. The minimum atomic E-state index is -3.15. The molecule has 0 aromatic carbocycles. The van der Waals surface area contributed by atoms with Gasteiger partial charge in [0.15, 0.2) is 5.13 Å². The van der Waals surface area contributed by atoms with Crippen LogP contribution in [-0.2, 0) is 16.6 Å². The number of aromatic nitrogens is 1. The highest BCUT2D eigenvalue weighted by atomic mass is 32.2. The fourth-order valence-electron chi connectivity index (χ4n) is 1.09. The van der Waals surface area contributed by atoms with Gasteiger partial charge in [0, 0.05) is 12.4 Å². The summed E-state index contributed by atoms with van der Waals surface area (Å²) in [6, 6.07) is 0. The lowest BCUT2D eigenvalue weighted by atomic mass is 10.4. The fourth-order valence-corrected chi connectivity index (χ4v) is 2.95. The molecule has 0 bridgehead atoms. The zero-order chi connectivity index (χ0) is 12.0. The smallest absolute Gasteiger partial charge is 0.211 e. The molecule has 0 aliphatic rings. The van der Waals surface area contributed by atoms with Gasteiger partial charge in [-0.1, -0.05) is 13.3 Å². The highest BCUT2D eigenvalue weighted by molar-refractivity contribution is 7.89. The van der Waals surface area contributed by atoms with Crippen LogP contribution in [0.3, 0.4) is 0 Å². The van der Waals surface area contributed by atoms with E-state index in [1.165, 1.54) is 11.3 Å². The molecule has 1 heterocycles. The number of thiazole rings is 1. The molecule has 0 saturated heterocycles. The van der Waals surface area contributed by atoms with E-state index >= 15 is 0 Å². The SMILES string of the molecule is CCCCS(=O)(=O)NCc1csc(NC)n1. The van der Waals surface area contributed by atoms with Crippen LogP contribution >= 0.6 is 11.3 Å². The van der Waals surface area contributed by atoms with Gasteiger partial charge in [-0.3, -0.25) is 0 Å². The first-order valence-corrected chi connectivity index (χ1v) is 7.70.